The Morgan fingerprint density at radius 1 is 1.15 bits per heavy atom. The van der Waals surface area contributed by atoms with Crippen LogP contribution in [0, 0.1) is 6.92 Å². The Balaban J connectivity index is 2.19. The minimum Gasteiger partial charge on any atom is -0.491 e. The van der Waals surface area contributed by atoms with Crippen LogP contribution in [0.5, 0.6) is 5.75 Å². The first-order valence-corrected chi connectivity index (χ1v) is 8.92. The molecule has 136 valence electrons. The Morgan fingerprint density at radius 3 is 2.46 bits per heavy atom. The van der Waals surface area contributed by atoms with Crippen LogP contribution < -0.4 is 10.3 Å². The largest absolute Gasteiger partial charge is 0.491 e. The van der Waals surface area contributed by atoms with E-state index >= 15 is 0 Å². The molecule has 0 N–H and O–H groups in total. The molecular formula is C21H24N2O3. The number of carbonyl (C=O) groups excluding carboxylic acids is 1. The van der Waals surface area contributed by atoms with Crippen molar-refractivity contribution in [2.75, 3.05) is 6.61 Å². The van der Waals surface area contributed by atoms with E-state index in [0.29, 0.717) is 29.7 Å². The van der Waals surface area contributed by atoms with Crippen LogP contribution in [-0.2, 0) is 20.0 Å². The third kappa shape index (κ3) is 2.94. The monoisotopic (exact) mass is 352 g/mol. The smallest absolute Gasteiger partial charge is 0.264 e. The van der Waals surface area contributed by atoms with Gasteiger partial charge in [0.1, 0.15) is 5.39 Å². The number of hydrogen-bond acceptors (Lipinski definition) is 3. The van der Waals surface area contributed by atoms with Gasteiger partial charge in [0.15, 0.2) is 11.5 Å². The SMILES string of the molecule is CCOc1c(C)n(C)c2cc(CC)n(CC(=O)c3ccccc3)c(=O)c12. The Kier molecular flexibility index (Phi) is 4.98. The lowest BCUT2D eigenvalue weighted by molar-refractivity contribution is 0.0970. The number of nitrogens with zero attached hydrogens (tertiary/aromatic N) is 2. The van der Waals surface area contributed by atoms with E-state index in [1.54, 1.807) is 16.7 Å². The molecule has 0 aliphatic rings. The average molecular weight is 352 g/mol. The lowest BCUT2D eigenvalue weighted by atomic mass is 10.1. The van der Waals surface area contributed by atoms with Crippen LogP contribution >= 0.6 is 0 Å². The number of hydrogen-bond donors (Lipinski definition) is 0. The number of ketones is 1. The Morgan fingerprint density at radius 2 is 1.85 bits per heavy atom. The first-order valence-electron chi connectivity index (χ1n) is 8.92. The average Bonchev–Trinajstić information content (AvgIpc) is 2.89. The summed E-state index contributed by atoms with van der Waals surface area (Å²) in [5.41, 5.74) is 3.03. The van der Waals surface area contributed by atoms with Crippen molar-refractivity contribution in [3.63, 3.8) is 0 Å². The summed E-state index contributed by atoms with van der Waals surface area (Å²) < 4.78 is 9.31. The van der Waals surface area contributed by atoms with Gasteiger partial charge in [-0.05, 0) is 26.3 Å². The summed E-state index contributed by atoms with van der Waals surface area (Å²) in [7, 11) is 1.93. The number of benzene rings is 1. The summed E-state index contributed by atoms with van der Waals surface area (Å²) in [5, 5.41) is 0.546. The number of carbonyl (C=O) groups is 1. The van der Waals surface area contributed by atoms with Gasteiger partial charge in [-0.1, -0.05) is 37.3 Å². The molecule has 0 amide bonds. The summed E-state index contributed by atoms with van der Waals surface area (Å²) in [6.07, 6.45) is 0.668. The molecule has 0 aliphatic carbocycles. The van der Waals surface area contributed by atoms with E-state index < -0.39 is 0 Å². The van der Waals surface area contributed by atoms with Crippen LogP contribution in [0.25, 0.3) is 10.9 Å². The molecule has 0 radical (unpaired) electrons. The van der Waals surface area contributed by atoms with Gasteiger partial charge in [0, 0.05) is 18.3 Å². The highest BCUT2D eigenvalue weighted by molar-refractivity contribution is 5.96. The minimum absolute atomic E-state index is 0.0292. The number of aryl methyl sites for hydroxylation is 2. The number of aromatic nitrogens is 2. The second-order valence-electron chi connectivity index (χ2n) is 6.34. The highest BCUT2D eigenvalue weighted by atomic mass is 16.5. The van der Waals surface area contributed by atoms with E-state index in [1.165, 1.54) is 0 Å². The summed E-state index contributed by atoms with van der Waals surface area (Å²) in [6, 6.07) is 11.1. The topological polar surface area (TPSA) is 53.2 Å². The second-order valence-corrected chi connectivity index (χ2v) is 6.34. The fraction of sp³-hybridized carbons (Fsp3) is 0.333. The van der Waals surface area contributed by atoms with Crippen molar-refractivity contribution in [2.45, 2.75) is 33.7 Å². The van der Waals surface area contributed by atoms with Crippen molar-refractivity contribution < 1.29 is 9.53 Å². The first-order chi connectivity index (χ1) is 12.5. The van der Waals surface area contributed by atoms with Gasteiger partial charge in [0.05, 0.1) is 24.4 Å². The number of Topliss-reactive ketones (excluding diaryl/α,β-unsaturated/α-hetero) is 1. The van der Waals surface area contributed by atoms with Crippen LogP contribution in [0.4, 0.5) is 0 Å². The molecule has 2 aromatic heterocycles. The van der Waals surface area contributed by atoms with Gasteiger partial charge < -0.3 is 13.9 Å². The maximum absolute atomic E-state index is 13.3. The fourth-order valence-electron chi connectivity index (χ4n) is 3.32. The van der Waals surface area contributed by atoms with E-state index in [2.05, 4.69) is 0 Å². The number of fused-ring (bicyclic) bond motifs is 1. The maximum atomic E-state index is 13.3. The molecule has 0 aliphatic heterocycles. The molecule has 26 heavy (non-hydrogen) atoms. The standard InChI is InChI=1S/C21H24N2O3/c1-5-16-12-17-19(20(26-6-2)14(3)22(17)4)21(25)23(16)13-18(24)15-10-8-7-9-11-15/h7-12H,5-6,13H2,1-4H3. The van der Waals surface area contributed by atoms with Crippen molar-refractivity contribution in [3.8, 4) is 5.75 Å². The third-order valence-corrected chi connectivity index (χ3v) is 4.83. The van der Waals surface area contributed by atoms with Gasteiger partial charge in [-0.3, -0.25) is 9.59 Å². The second kappa shape index (κ2) is 7.20. The zero-order valence-corrected chi connectivity index (χ0v) is 15.7. The molecule has 3 aromatic rings. The molecule has 0 saturated carbocycles. The molecule has 5 heteroatoms. The maximum Gasteiger partial charge on any atom is 0.264 e. The molecule has 0 spiro atoms. The minimum atomic E-state index is -0.171. The van der Waals surface area contributed by atoms with E-state index in [-0.39, 0.29) is 17.9 Å². The third-order valence-electron chi connectivity index (χ3n) is 4.83. The summed E-state index contributed by atoms with van der Waals surface area (Å²) in [4.78, 5) is 25.9. The molecule has 0 saturated heterocycles. The molecule has 1 aromatic carbocycles. The summed E-state index contributed by atoms with van der Waals surface area (Å²) in [6.45, 7) is 6.34. The summed E-state index contributed by atoms with van der Waals surface area (Å²) >= 11 is 0. The molecule has 0 bridgehead atoms. The van der Waals surface area contributed by atoms with Crippen molar-refractivity contribution in [1.29, 1.82) is 0 Å². The van der Waals surface area contributed by atoms with Crippen molar-refractivity contribution in [2.24, 2.45) is 7.05 Å². The van der Waals surface area contributed by atoms with Crippen LogP contribution in [0.2, 0.25) is 0 Å². The Bertz CT molecular complexity index is 1010. The van der Waals surface area contributed by atoms with Gasteiger partial charge >= 0.3 is 0 Å². The quantitative estimate of drug-likeness (QED) is 0.638. The first kappa shape index (κ1) is 18.0. The lowest BCUT2D eigenvalue weighted by Gasteiger charge is -2.12. The van der Waals surface area contributed by atoms with Crippen molar-refractivity contribution in [1.82, 2.24) is 9.13 Å². The molecule has 0 atom stereocenters. The van der Waals surface area contributed by atoms with E-state index in [9.17, 15) is 9.59 Å². The van der Waals surface area contributed by atoms with Gasteiger partial charge in [-0.15, -0.1) is 0 Å². The molecular weight excluding hydrogens is 328 g/mol. The van der Waals surface area contributed by atoms with E-state index in [1.807, 2.05) is 56.7 Å². The van der Waals surface area contributed by atoms with Gasteiger partial charge in [0.25, 0.3) is 5.56 Å². The fourth-order valence-corrected chi connectivity index (χ4v) is 3.32. The predicted octanol–water partition coefficient (Wildman–Crippen LogP) is 3.49. The Labute approximate surface area is 152 Å². The highest BCUT2D eigenvalue weighted by Crippen LogP contribution is 2.30. The zero-order valence-electron chi connectivity index (χ0n) is 15.7. The molecule has 0 unspecified atom stereocenters. The predicted molar refractivity (Wildman–Crippen MR) is 103 cm³/mol. The molecule has 2 heterocycles. The summed E-state index contributed by atoms with van der Waals surface area (Å²) in [5.74, 6) is 0.533. The van der Waals surface area contributed by atoms with Crippen LogP contribution in [0.15, 0.2) is 41.2 Å². The van der Waals surface area contributed by atoms with Gasteiger partial charge in [0.2, 0.25) is 0 Å². The van der Waals surface area contributed by atoms with Crippen molar-refractivity contribution in [3.05, 3.63) is 63.7 Å². The van der Waals surface area contributed by atoms with Crippen molar-refractivity contribution >= 4 is 16.7 Å². The zero-order chi connectivity index (χ0) is 18.8. The Hall–Kier alpha value is -2.82. The number of pyridine rings is 1. The highest BCUT2D eigenvalue weighted by Gasteiger charge is 2.21. The molecule has 5 nitrogen and oxygen atoms in total. The van der Waals surface area contributed by atoms with E-state index in [4.69, 9.17) is 4.74 Å². The number of ether oxygens (including phenoxy) is 1. The van der Waals surface area contributed by atoms with Crippen LogP contribution in [0.3, 0.4) is 0 Å². The van der Waals surface area contributed by atoms with E-state index in [0.717, 1.165) is 16.9 Å². The molecule has 3 rings (SSSR count). The van der Waals surface area contributed by atoms with Crippen LogP contribution in [-0.4, -0.2) is 21.5 Å². The van der Waals surface area contributed by atoms with Gasteiger partial charge in [-0.2, -0.15) is 0 Å². The van der Waals surface area contributed by atoms with Crippen LogP contribution in [0.1, 0.15) is 35.6 Å². The number of rotatable bonds is 6. The normalized spacial score (nSPS) is 11.1. The lowest BCUT2D eigenvalue weighted by Crippen LogP contribution is -2.27. The van der Waals surface area contributed by atoms with Gasteiger partial charge in [-0.25, -0.2) is 0 Å². The molecule has 0 fully saturated rings.